The van der Waals surface area contributed by atoms with Crippen molar-refractivity contribution in [1.29, 1.82) is 0 Å². The lowest BCUT2D eigenvalue weighted by Crippen LogP contribution is -2.34. The summed E-state index contributed by atoms with van der Waals surface area (Å²) in [6.45, 7) is 1.41. The average Bonchev–Trinajstić information content (AvgIpc) is 2.96. The van der Waals surface area contributed by atoms with Gasteiger partial charge in [-0.15, -0.1) is 0 Å². The Morgan fingerprint density at radius 2 is 1.83 bits per heavy atom. The summed E-state index contributed by atoms with van der Waals surface area (Å²) >= 11 is 6.54. The molecule has 7 rings (SSSR count). The van der Waals surface area contributed by atoms with E-state index in [1.54, 1.807) is 13.0 Å². The fourth-order valence-corrected chi connectivity index (χ4v) is 6.75. The molecular weight excluding hydrogens is 560 g/mol. The number of aromatic hydroxyl groups is 2. The molecule has 2 aromatic carbocycles. The molecule has 13 heteroatoms. The summed E-state index contributed by atoms with van der Waals surface area (Å²) in [4.78, 5) is 27.3. The molecule has 0 saturated carbocycles. The quantitative estimate of drug-likeness (QED) is 0.255. The van der Waals surface area contributed by atoms with Gasteiger partial charge in [0.2, 0.25) is 5.43 Å². The molecule has 0 radical (unpaired) electrons. The van der Waals surface area contributed by atoms with Crippen molar-refractivity contribution in [2.45, 2.75) is 44.2 Å². The molecular formula is C28H25ClN2O10. The summed E-state index contributed by atoms with van der Waals surface area (Å²) in [5.41, 5.74) is 0.113. The largest absolute Gasteiger partial charge is 0.506 e. The summed E-state index contributed by atoms with van der Waals surface area (Å²) in [6, 6.07) is 1.66. The number of nitrogens with two attached hydrogens (primary N) is 1. The Morgan fingerprint density at radius 3 is 2.54 bits per heavy atom. The first-order chi connectivity index (χ1) is 19.6. The average molecular weight is 585 g/mol. The number of halogens is 1. The Kier molecular flexibility index (Phi) is 5.63. The van der Waals surface area contributed by atoms with Crippen LogP contribution in [0, 0.1) is 6.92 Å². The van der Waals surface area contributed by atoms with Crippen LogP contribution in [0.15, 0.2) is 20.1 Å². The van der Waals surface area contributed by atoms with Crippen molar-refractivity contribution in [3.05, 3.63) is 59.8 Å². The molecule has 0 amide bonds. The van der Waals surface area contributed by atoms with E-state index in [0.717, 1.165) is 4.68 Å². The number of aliphatic hydroxyl groups is 1. The van der Waals surface area contributed by atoms with E-state index in [0.29, 0.717) is 22.2 Å². The van der Waals surface area contributed by atoms with Crippen LogP contribution in [0.25, 0.3) is 32.9 Å². The van der Waals surface area contributed by atoms with E-state index in [1.807, 2.05) is 0 Å². The minimum Gasteiger partial charge on any atom is -0.506 e. The van der Waals surface area contributed by atoms with Gasteiger partial charge in [0.05, 0.1) is 40.0 Å². The van der Waals surface area contributed by atoms with E-state index in [9.17, 15) is 24.9 Å². The number of nitrogen functional groups attached to an aromatic ring is 1. The highest BCUT2D eigenvalue weighted by Gasteiger charge is 2.43. The van der Waals surface area contributed by atoms with Gasteiger partial charge >= 0.3 is 0 Å². The summed E-state index contributed by atoms with van der Waals surface area (Å²) in [7, 11) is 2.78. The number of ether oxygens (including phenoxy) is 4. The maximum Gasteiger partial charge on any atom is 0.280 e. The van der Waals surface area contributed by atoms with Crippen LogP contribution in [0.2, 0.25) is 5.02 Å². The number of rotatable bonds is 2. The molecule has 0 spiro atoms. The second-order valence-electron chi connectivity index (χ2n) is 10.4. The van der Waals surface area contributed by atoms with Crippen LogP contribution in [0.4, 0.5) is 0 Å². The first-order valence-corrected chi connectivity index (χ1v) is 13.2. The van der Waals surface area contributed by atoms with Gasteiger partial charge < -0.3 is 44.5 Å². The summed E-state index contributed by atoms with van der Waals surface area (Å²) in [5, 5.41) is 34.2. The van der Waals surface area contributed by atoms with Crippen molar-refractivity contribution < 1.29 is 38.7 Å². The molecule has 2 aromatic heterocycles. The van der Waals surface area contributed by atoms with E-state index in [4.69, 9.17) is 40.8 Å². The van der Waals surface area contributed by atoms with E-state index in [1.165, 1.54) is 14.2 Å². The van der Waals surface area contributed by atoms with Crippen LogP contribution in [0.3, 0.4) is 0 Å². The molecule has 4 atom stereocenters. The van der Waals surface area contributed by atoms with Crippen molar-refractivity contribution in [2.24, 2.45) is 0 Å². The normalized spacial score (nSPS) is 22.8. The molecule has 12 nitrogen and oxygen atoms in total. The number of methoxy groups -OCH3 is 2. The van der Waals surface area contributed by atoms with Crippen LogP contribution in [-0.4, -0.2) is 47.1 Å². The number of nitrogens with zero attached hydrogens (tertiary/aromatic N) is 1. The molecule has 4 aromatic rings. The monoisotopic (exact) mass is 584 g/mol. The SMILES string of the molecule is CO[C@H]1C[C@@H](O)[C@H](OC)c2oc3c4c5c(c(O)c3c(=O)c21)-c1c(cc2c(Cl)c(C)n(N)c(=O)c2c1O)C[C@H]5OCO4. The number of benzene rings is 2. The van der Waals surface area contributed by atoms with Gasteiger partial charge in [-0.1, -0.05) is 11.6 Å². The zero-order chi connectivity index (χ0) is 29.1. The number of phenols is 2. The van der Waals surface area contributed by atoms with Gasteiger partial charge in [0.1, 0.15) is 28.7 Å². The Bertz CT molecular complexity index is 1950. The third-order valence-electron chi connectivity index (χ3n) is 8.47. The predicted octanol–water partition coefficient (Wildman–Crippen LogP) is 2.97. The minimum atomic E-state index is -1.02. The lowest BCUT2D eigenvalue weighted by molar-refractivity contribution is -0.0709. The van der Waals surface area contributed by atoms with Gasteiger partial charge in [-0.2, -0.15) is 0 Å². The topological polar surface area (TPSA) is 176 Å². The van der Waals surface area contributed by atoms with Crippen molar-refractivity contribution in [2.75, 3.05) is 26.9 Å². The highest BCUT2D eigenvalue weighted by atomic mass is 35.5. The highest BCUT2D eigenvalue weighted by Crippen LogP contribution is 2.57. The van der Waals surface area contributed by atoms with Crippen molar-refractivity contribution in [1.82, 2.24) is 4.68 Å². The number of phenolic OH excluding ortho intramolecular Hbond substituents is 2. The molecule has 0 unspecified atom stereocenters. The zero-order valence-corrected chi connectivity index (χ0v) is 22.9. The van der Waals surface area contributed by atoms with E-state index in [-0.39, 0.29) is 69.2 Å². The molecule has 0 saturated heterocycles. The Hall–Kier alpha value is -3.81. The van der Waals surface area contributed by atoms with Gasteiger partial charge in [-0.3, -0.25) is 9.59 Å². The summed E-state index contributed by atoms with van der Waals surface area (Å²) < 4.78 is 29.8. The number of hydrogen-bond acceptors (Lipinski definition) is 11. The van der Waals surface area contributed by atoms with E-state index in [2.05, 4.69) is 0 Å². The predicted molar refractivity (Wildman–Crippen MR) is 146 cm³/mol. The molecule has 214 valence electrons. The fraction of sp³-hybridized carbons (Fsp3) is 0.357. The van der Waals surface area contributed by atoms with Crippen LogP contribution in [-0.2, 0) is 20.6 Å². The third-order valence-corrected chi connectivity index (χ3v) is 8.95. The number of fused-ring (bicyclic) bond motifs is 6. The molecule has 0 fully saturated rings. The first kappa shape index (κ1) is 26.1. The van der Waals surface area contributed by atoms with Crippen LogP contribution >= 0.6 is 11.6 Å². The van der Waals surface area contributed by atoms with Gasteiger partial charge in [-0.05, 0) is 18.6 Å². The molecule has 3 heterocycles. The fourth-order valence-electron chi connectivity index (χ4n) is 6.51. The number of aliphatic hydroxyl groups excluding tert-OH is 1. The van der Waals surface area contributed by atoms with E-state index >= 15 is 0 Å². The zero-order valence-electron chi connectivity index (χ0n) is 22.1. The molecule has 3 aliphatic rings. The number of hydrogen-bond donors (Lipinski definition) is 4. The lowest BCUT2D eigenvalue weighted by Gasteiger charge is -2.36. The molecule has 2 aliphatic carbocycles. The number of aromatic nitrogens is 1. The van der Waals surface area contributed by atoms with Crippen molar-refractivity contribution in [3.63, 3.8) is 0 Å². The Labute approximate surface area is 235 Å². The van der Waals surface area contributed by atoms with E-state index < -0.39 is 46.9 Å². The molecule has 5 N–H and O–H groups in total. The summed E-state index contributed by atoms with van der Waals surface area (Å²) in [6.07, 6.45) is -3.18. The minimum absolute atomic E-state index is 0.0592. The third kappa shape index (κ3) is 3.24. The highest BCUT2D eigenvalue weighted by molar-refractivity contribution is 6.36. The Balaban J connectivity index is 1.65. The molecule has 1 aliphatic heterocycles. The maximum atomic E-state index is 14.1. The van der Waals surface area contributed by atoms with Crippen LogP contribution < -0.4 is 21.6 Å². The smallest absolute Gasteiger partial charge is 0.280 e. The molecule has 0 bridgehead atoms. The first-order valence-electron chi connectivity index (χ1n) is 12.8. The van der Waals surface area contributed by atoms with Gasteiger partial charge in [0.25, 0.3) is 5.56 Å². The molecule has 41 heavy (non-hydrogen) atoms. The lowest BCUT2D eigenvalue weighted by atomic mass is 9.79. The van der Waals surface area contributed by atoms with Crippen molar-refractivity contribution in [3.8, 4) is 28.4 Å². The second-order valence-corrected chi connectivity index (χ2v) is 10.8. The van der Waals surface area contributed by atoms with Crippen LogP contribution in [0.1, 0.15) is 52.9 Å². The Morgan fingerprint density at radius 1 is 1.10 bits per heavy atom. The van der Waals surface area contributed by atoms with Gasteiger partial charge in [0, 0.05) is 49.1 Å². The maximum absolute atomic E-state index is 14.1. The van der Waals surface area contributed by atoms with Gasteiger partial charge in [0.15, 0.2) is 18.1 Å². The summed E-state index contributed by atoms with van der Waals surface area (Å²) in [5.74, 6) is 5.19. The standard InChI is InChI=1S/C28H25ClN2O10/c1-8-20(29)10-4-9-5-13-16-18(14(9)21(33)15(10)28(36)31(8)30)23(35)19-22(34)17-12(37-2)6-11(32)24(38-3)26(17)41-27(19)25(16)40-7-39-13/h4,11-13,24,32-33,35H,5-7,30H2,1-3H3/t11-,12+,13-,24+/m1/s1. The second kappa shape index (κ2) is 8.84. The van der Waals surface area contributed by atoms with Gasteiger partial charge in [-0.25, -0.2) is 4.68 Å². The van der Waals surface area contributed by atoms with Crippen LogP contribution in [0.5, 0.6) is 17.2 Å². The van der Waals surface area contributed by atoms with Crippen molar-refractivity contribution >= 4 is 33.3 Å². The number of pyridine rings is 1.